The molecule has 7 nitrogen and oxygen atoms in total. The summed E-state index contributed by atoms with van der Waals surface area (Å²) in [5, 5.41) is 2.61. The summed E-state index contributed by atoms with van der Waals surface area (Å²) < 4.78 is 51.4. The smallest absolute Gasteiger partial charge is 0.264 e. The highest BCUT2D eigenvalue weighted by atomic mass is 35.5. The van der Waals surface area contributed by atoms with Crippen LogP contribution in [-0.4, -0.2) is 34.6 Å². The molecule has 0 heterocycles. The van der Waals surface area contributed by atoms with Crippen molar-refractivity contribution in [1.82, 2.24) is 0 Å². The molecule has 0 fully saturated rings. The van der Waals surface area contributed by atoms with Crippen molar-refractivity contribution in [1.29, 1.82) is 0 Å². The largest absolute Gasteiger partial charge is 0.494 e. The van der Waals surface area contributed by atoms with E-state index in [0.717, 1.165) is 10.4 Å². The lowest BCUT2D eigenvalue weighted by atomic mass is 10.3. The van der Waals surface area contributed by atoms with Crippen LogP contribution in [0.15, 0.2) is 71.6 Å². The maximum atomic E-state index is 13.8. The van der Waals surface area contributed by atoms with Crippen LogP contribution >= 0.6 is 11.6 Å². The van der Waals surface area contributed by atoms with Gasteiger partial charge in [-0.15, -0.1) is 0 Å². The highest BCUT2D eigenvalue weighted by molar-refractivity contribution is 7.92. The minimum absolute atomic E-state index is 0.00975. The Morgan fingerprint density at radius 1 is 1.00 bits per heavy atom. The van der Waals surface area contributed by atoms with E-state index in [4.69, 9.17) is 21.1 Å². The summed E-state index contributed by atoms with van der Waals surface area (Å²) >= 11 is 5.69. The molecule has 3 aromatic rings. The average molecular weight is 493 g/mol. The summed E-state index contributed by atoms with van der Waals surface area (Å²) in [6.45, 7) is 1.97. The normalized spacial score (nSPS) is 11.0. The quantitative estimate of drug-likeness (QED) is 0.467. The molecule has 0 unspecified atom stereocenters. The van der Waals surface area contributed by atoms with Gasteiger partial charge in [0.2, 0.25) is 0 Å². The van der Waals surface area contributed by atoms with Gasteiger partial charge in [0.1, 0.15) is 17.3 Å². The number of hydrogen-bond acceptors (Lipinski definition) is 5. The zero-order valence-corrected chi connectivity index (χ0v) is 19.5. The fraction of sp³-hybridized carbons (Fsp3) is 0.174. The third-order valence-corrected chi connectivity index (χ3v) is 6.60. The van der Waals surface area contributed by atoms with Crippen molar-refractivity contribution < 1.29 is 27.1 Å². The lowest BCUT2D eigenvalue weighted by Gasteiger charge is -2.20. The average Bonchev–Trinajstić information content (AvgIpc) is 2.80. The maximum Gasteiger partial charge on any atom is 0.264 e. The van der Waals surface area contributed by atoms with Crippen molar-refractivity contribution in [3.63, 3.8) is 0 Å². The summed E-state index contributed by atoms with van der Waals surface area (Å²) in [6.07, 6.45) is 0. The molecule has 0 spiro atoms. The number of hydrogen-bond donors (Lipinski definition) is 1. The van der Waals surface area contributed by atoms with E-state index < -0.39 is 21.7 Å². The topological polar surface area (TPSA) is 84.9 Å². The summed E-state index contributed by atoms with van der Waals surface area (Å²) in [4.78, 5) is 12.1. The van der Waals surface area contributed by atoms with Crippen LogP contribution in [0.25, 0.3) is 0 Å². The zero-order valence-electron chi connectivity index (χ0n) is 17.9. The number of anilines is 2. The molecule has 10 heteroatoms. The first kappa shape index (κ1) is 24.3. The number of amides is 1. The third kappa shape index (κ3) is 6.15. The third-order valence-electron chi connectivity index (χ3n) is 4.57. The Kier molecular flexibility index (Phi) is 7.78. The zero-order chi connectivity index (χ0) is 24.0. The minimum Gasteiger partial charge on any atom is -0.494 e. The van der Waals surface area contributed by atoms with Gasteiger partial charge in [-0.1, -0.05) is 11.6 Å². The van der Waals surface area contributed by atoms with Gasteiger partial charge in [0, 0.05) is 12.1 Å². The Bertz CT molecular complexity index is 1220. The summed E-state index contributed by atoms with van der Waals surface area (Å²) in [7, 11) is -2.34. The number of carbonyl (C=O) groups excluding carboxylic acids is 1. The van der Waals surface area contributed by atoms with E-state index in [1.165, 1.54) is 43.4 Å². The van der Waals surface area contributed by atoms with Crippen LogP contribution in [0.3, 0.4) is 0 Å². The Morgan fingerprint density at radius 3 is 2.21 bits per heavy atom. The van der Waals surface area contributed by atoms with Crippen molar-refractivity contribution in [3.8, 4) is 11.5 Å². The number of carbonyl (C=O) groups is 1. The second-order valence-electron chi connectivity index (χ2n) is 6.83. The van der Waals surface area contributed by atoms with Gasteiger partial charge in [0.25, 0.3) is 15.9 Å². The van der Waals surface area contributed by atoms with Crippen molar-refractivity contribution >= 4 is 38.9 Å². The first-order valence-electron chi connectivity index (χ1n) is 9.90. The molecule has 0 radical (unpaired) electrons. The van der Waals surface area contributed by atoms with Crippen LogP contribution in [-0.2, 0) is 14.8 Å². The van der Waals surface area contributed by atoms with Gasteiger partial charge in [0.15, 0.2) is 6.61 Å². The fourth-order valence-corrected chi connectivity index (χ4v) is 4.20. The molecular weight excluding hydrogens is 471 g/mol. The molecule has 0 aromatic heterocycles. The molecule has 0 atom stereocenters. The Morgan fingerprint density at radius 2 is 1.61 bits per heavy atom. The van der Waals surface area contributed by atoms with Gasteiger partial charge in [0.05, 0.1) is 22.9 Å². The molecule has 1 amide bonds. The van der Waals surface area contributed by atoms with E-state index in [1.807, 2.05) is 6.92 Å². The summed E-state index contributed by atoms with van der Waals surface area (Å²) in [5.74, 6) is -0.284. The van der Waals surface area contributed by atoms with Crippen LogP contribution < -0.4 is 19.1 Å². The van der Waals surface area contributed by atoms with E-state index >= 15 is 0 Å². The minimum atomic E-state index is -3.78. The van der Waals surface area contributed by atoms with Gasteiger partial charge in [-0.3, -0.25) is 9.10 Å². The van der Waals surface area contributed by atoms with E-state index in [-0.39, 0.29) is 22.2 Å². The second kappa shape index (κ2) is 10.5. The summed E-state index contributed by atoms with van der Waals surface area (Å²) in [6, 6.07) is 16.2. The number of halogens is 2. The van der Waals surface area contributed by atoms with E-state index in [0.29, 0.717) is 23.8 Å². The standard InChI is InChI=1S/C23H22ClFN2O5S/c1-3-31-18-9-11-20(12-10-18)33(29,30)27(2)17-5-7-19(8-6-17)32-15-23(28)26-22-13-4-16(24)14-21(22)25/h4-14H,3,15H2,1-2H3,(H,26,28). The van der Waals surface area contributed by atoms with Crippen LogP contribution in [0.2, 0.25) is 5.02 Å². The fourth-order valence-electron chi connectivity index (χ4n) is 2.85. The lowest BCUT2D eigenvalue weighted by molar-refractivity contribution is -0.118. The Balaban J connectivity index is 1.61. The van der Waals surface area contributed by atoms with Gasteiger partial charge in [-0.25, -0.2) is 12.8 Å². The molecule has 3 aromatic carbocycles. The molecule has 0 aliphatic carbocycles. The van der Waals surface area contributed by atoms with Crippen LogP contribution in [0, 0.1) is 5.82 Å². The number of nitrogens with zero attached hydrogens (tertiary/aromatic N) is 1. The number of rotatable bonds is 9. The first-order valence-corrected chi connectivity index (χ1v) is 11.7. The maximum absolute atomic E-state index is 13.8. The molecular formula is C23H22ClFN2O5S. The van der Waals surface area contributed by atoms with Crippen molar-refractivity contribution in [3.05, 3.63) is 77.6 Å². The lowest BCUT2D eigenvalue weighted by Crippen LogP contribution is -2.26. The van der Waals surface area contributed by atoms with Crippen LogP contribution in [0.4, 0.5) is 15.8 Å². The monoisotopic (exact) mass is 492 g/mol. The van der Waals surface area contributed by atoms with E-state index in [2.05, 4.69) is 5.32 Å². The molecule has 0 aliphatic heterocycles. The molecule has 174 valence electrons. The predicted molar refractivity (Wildman–Crippen MR) is 125 cm³/mol. The first-order chi connectivity index (χ1) is 15.7. The summed E-state index contributed by atoms with van der Waals surface area (Å²) in [5.41, 5.74) is 0.397. The van der Waals surface area contributed by atoms with Gasteiger partial charge in [-0.2, -0.15) is 0 Å². The van der Waals surface area contributed by atoms with Gasteiger partial charge < -0.3 is 14.8 Å². The Labute approximate surface area is 196 Å². The molecule has 0 saturated carbocycles. The SMILES string of the molecule is CCOc1ccc(S(=O)(=O)N(C)c2ccc(OCC(=O)Nc3ccc(Cl)cc3F)cc2)cc1. The molecule has 3 rings (SSSR count). The molecule has 0 bridgehead atoms. The van der Waals surface area contributed by atoms with Crippen LogP contribution in [0.1, 0.15) is 6.92 Å². The second-order valence-corrected chi connectivity index (χ2v) is 9.24. The van der Waals surface area contributed by atoms with Crippen molar-refractivity contribution in [2.24, 2.45) is 0 Å². The van der Waals surface area contributed by atoms with Gasteiger partial charge in [-0.05, 0) is 73.7 Å². The highest BCUT2D eigenvalue weighted by Gasteiger charge is 2.21. The van der Waals surface area contributed by atoms with Crippen molar-refractivity contribution in [2.45, 2.75) is 11.8 Å². The Hall–Kier alpha value is -3.30. The number of sulfonamides is 1. The van der Waals surface area contributed by atoms with Crippen molar-refractivity contribution in [2.75, 3.05) is 29.9 Å². The van der Waals surface area contributed by atoms with E-state index in [1.54, 1.807) is 24.3 Å². The molecule has 33 heavy (non-hydrogen) atoms. The van der Waals surface area contributed by atoms with Gasteiger partial charge >= 0.3 is 0 Å². The predicted octanol–water partition coefficient (Wildman–Crippen LogP) is 4.72. The number of benzene rings is 3. The number of nitrogens with one attached hydrogen (secondary N) is 1. The molecule has 1 N–H and O–H groups in total. The van der Waals surface area contributed by atoms with Crippen LogP contribution in [0.5, 0.6) is 11.5 Å². The number of ether oxygens (including phenoxy) is 2. The molecule has 0 saturated heterocycles. The van der Waals surface area contributed by atoms with E-state index in [9.17, 15) is 17.6 Å². The highest BCUT2D eigenvalue weighted by Crippen LogP contribution is 2.26. The molecule has 0 aliphatic rings.